The van der Waals surface area contributed by atoms with Crippen LogP contribution in [0.15, 0.2) is 53.5 Å². The molecule has 2 aromatic carbocycles. The minimum absolute atomic E-state index is 0.00543. The summed E-state index contributed by atoms with van der Waals surface area (Å²) in [5.41, 5.74) is 1.16. The first-order valence-electron chi connectivity index (χ1n) is 10.0. The van der Waals surface area contributed by atoms with Crippen LogP contribution in [0.25, 0.3) is 10.9 Å². The first-order chi connectivity index (χ1) is 15.1. The lowest BCUT2D eigenvalue weighted by Gasteiger charge is -2.12. The van der Waals surface area contributed by atoms with E-state index in [2.05, 4.69) is 5.32 Å². The van der Waals surface area contributed by atoms with E-state index in [1.54, 1.807) is 12.1 Å². The van der Waals surface area contributed by atoms with Crippen molar-refractivity contribution >= 4 is 22.8 Å². The molecule has 0 radical (unpaired) electrons. The van der Waals surface area contributed by atoms with E-state index in [9.17, 15) is 14.4 Å². The van der Waals surface area contributed by atoms with Gasteiger partial charge < -0.3 is 24.1 Å². The zero-order chi connectivity index (χ0) is 21.8. The molecule has 2 heterocycles. The summed E-state index contributed by atoms with van der Waals surface area (Å²) in [6.45, 7) is 2.81. The molecule has 0 atom stereocenters. The summed E-state index contributed by atoms with van der Waals surface area (Å²) >= 11 is 0. The number of hydrogen-bond donors (Lipinski definition) is 1. The lowest BCUT2D eigenvalue weighted by Crippen LogP contribution is -2.31. The number of amides is 1. The Morgan fingerprint density at radius 3 is 2.61 bits per heavy atom. The summed E-state index contributed by atoms with van der Waals surface area (Å²) in [4.78, 5) is 37.5. The molecule has 8 heteroatoms. The maximum absolute atomic E-state index is 12.9. The fourth-order valence-electron chi connectivity index (χ4n) is 3.39. The third-order valence-corrected chi connectivity index (χ3v) is 5.02. The summed E-state index contributed by atoms with van der Waals surface area (Å²) in [5, 5.41) is 3.00. The second kappa shape index (κ2) is 8.91. The summed E-state index contributed by atoms with van der Waals surface area (Å²) in [5.74, 6) is 0.0789. The number of benzene rings is 2. The minimum atomic E-state index is -0.539. The molecule has 1 aliphatic heterocycles. The van der Waals surface area contributed by atoms with Crippen molar-refractivity contribution in [3.05, 3.63) is 70.0 Å². The normalized spacial score (nSPS) is 12.0. The van der Waals surface area contributed by atoms with Gasteiger partial charge in [0, 0.05) is 25.4 Å². The Bertz CT molecular complexity index is 1190. The van der Waals surface area contributed by atoms with Crippen molar-refractivity contribution in [1.29, 1.82) is 0 Å². The standard InChI is InChI=1S/C23H22N2O6/c1-2-25-12-17(22(27)16-10-19-20(11-18(16)25)31-14-30-19)23(28)24-9-8-21(26)29-13-15-6-4-3-5-7-15/h3-7,10-12H,2,8-9,13-14H2,1H3,(H,24,28). The van der Waals surface area contributed by atoms with Gasteiger partial charge in [-0.15, -0.1) is 0 Å². The van der Waals surface area contributed by atoms with Crippen molar-refractivity contribution in [2.24, 2.45) is 0 Å². The first-order valence-corrected chi connectivity index (χ1v) is 10.0. The van der Waals surface area contributed by atoms with Gasteiger partial charge in [-0.25, -0.2) is 0 Å². The molecule has 31 heavy (non-hydrogen) atoms. The molecule has 4 rings (SSSR count). The Balaban J connectivity index is 1.43. The number of hydrogen-bond acceptors (Lipinski definition) is 6. The van der Waals surface area contributed by atoms with Gasteiger partial charge in [-0.2, -0.15) is 0 Å². The molecule has 0 saturated heterocycles. The molecule has 1 amide bonds. The van der Waals surface area contributed by atoms with Crippen molar-refractivity contribution in [2.45, 2.75) is 26.5 Å². The zero-order valence-electron chi connectivity index (χ0n) is 17.1. The van der Waals surface area contributed by atoms with Gasteiger partial charge in [0.25, 0.3) is 5.91 Å². The molecule has 0 saturated carbocycles. The van der Waals surface area contributed by atoms with E-state index in [0.717, 1.165) is 5.56 Å². The third kappa shape index (κ3) is 4.37. The van der Waals surface area contributed by atoms with Crippen LogP contribution in [-0.4, -0.2) is 29.8 Å². The second-order valence-corrected chi connectivity index (χ2v) is 7.03. The van der Waals surface area contributed by atoms with Crippen LogP contribution in [0.1, 0.15) is 29.3 Å². The smallest absolute Gasteiger partial charge is 0.307 e. The first kappa shape index (κ1) is 20.5. The van der Waals surface area contributed by atoms with Gasteiger partial charge in [0.05, 0.1) is 17.3 Å². The summed E-state index contributed by atoms with van der Waals surface area (Å²) < 4.78 is 17.7. The summed E-state index contributed by atoms with van der Waals surface area (Å²) in [6, 6.07) is 12.7. The Kier molecular flexibility index (Phi) is 5.88. The number of nitrogens with one attached hydrogen (secondary N) is 1. The van der Waals surface area contributed by atoms with E-state index in [-0.39, 0.29) is 31.9 Å². The minimum Gasteiger partial charge on any atom is -0.461 e. The number of fused-ring (bicyclic) bond motifs is 2. The van der Waals surface area contributed by atoms with Crippen molar-refractivity contribution in [3.8, 4) is 11.5 Å². The highest BCUT2D eigenvalue weighted by atomic mass is 16.7. The maximum atomic E-state index is 12.9. The number of carbonyl (C=O) groups excluding carboxylic acids is 2. The predicted molar refractivity (Wildman–Crippen MR) is 113 cm³/mol. The predicted octanol–water partition coefficient (Wildman–Crippen LogP) is 2.61. The molecular formula is C23H22N2O6. The quantitative estimate of drug-likeness (QED) is 0.588. The number of nitrogens with zero attached hydrogens (tertiary/aromatic N) is 1. The summed E-state index contributed by atoms with van der Waals surface area (Å²) in [6.07, 6.45) is 1.53. The molecule has 1 N–H and O–H groups in total. The molecule has 0 fully saturated rings. The van der Waals surface area contributed by atoms with Gasteiger partial charge >= 0.3 is 5.97 Å². The van der Waals surface area contributed by atoms with Crippen LogP contribution in [0.5, 0.6) is 11.5 Å². The molecule has 3 aromatic rings. The Morgan fingerprint density at radius 2 is 1.87 bits per heavy atom. The van der Waals surface area contributed by atoms with E-state index in [0.29, 0.717) is 28.9 Å². The van der Waals surface area contributed by atoms with Crippen LogP contribution in [0.2, 0.25) is 0 Å². The zero-order valence-corrected chi connectivity index (χ0v) is 17.1. The van der Waals surface area contributed by atoms with E-state index in [4.69, 9.17) is 14.2 Å². The van der Waals surface area contributed by atoms with Crippen LogP contribution in [0.4, 0.5) is 0 Å². The van der Waals surface area contributed by atoms with E-state index < -0.39 is 17.3 Å². The van der Waals surface area contributed by atoms with Crippen LogP contribution in [0.3, 0.4) is 0 Å². The van der Waals surface area contributed by atoms with Crippen LogP contribution in [0, 0.1) is 0 Å². The number of carbonyl (C=O) groups is 2. The number of aromatic nitrogens is 1. The number of ether oxygens (including phenoxy) is 3. The number of aryl methyl sites for hydroxylation is 1. The number of rotatable bonds is 7. The van der Waals surface area contributed by atoms with Gasteiger partial charge in [-0.3, -0.25) is 14.4 Å². The van der Waals surface area contributed by atoms with Crippen LogP contribution < -0.4 is 20.2 Å². The van der Waals surface area contributed by atoms with Crippen molar-refractivity contribution < 1.29 is 23.8 Å². The molecular weight excluding hydrogens is 400 g/mol. The van der Waals surface area contributed by atoms with Crippen molar-refractivity contribution in [3.63, 3.8) is 0 Å². The largest absolute Gasteiger partial charge is 0.461 e. The fraction of sp³-hybridized carbons (Fsp3) is 0.261. The van der Waals surface area contributed by atoms with Crippen molar-refractivity contribution in [2.75, 3.05) is 13.3 Å². The second-order valence-electron chi connectivity index (χ2n) is 7.03. The topological polar surface area (TPSA) is 95.9 Å². The monoisotopic (exact) mass is 422 g/mol. The Labute approximate surface area is 178 Å². The van der Waals surface area contributed by atoms with Crippen LogP contribution >= 0.6 is 0 Å². The lowest BCUT2D eigenvalue weighted by molar-refractivity contribution is -0.144. The third-order valence-electron chi connectivity index (χ3n) is 5.02. The van der Waals surface area contributed by atoms with Gasteiger partial charge in [0.15, 0.2) is 11.5 Å². The van der Waals surface area contributed by atoms with Crippen molar-refractivity contribution in [1.82, 2.24) is 9.88 Å². The highest BCUT2D eigenvalue weighted by Crippen LogP contribution is 2.35. The number of pyridine rings is 1. The molecule has 0 bridgehead atoms. The van der Waals surface area contributed by atoms with Gasteiger partial charge in [0.2, 0.25) is 12.2 Å². The average molecular weight is 422 g/mol. The highest BCUT2D eigenvalue weighted by Gasteiger charge is 2.20. The van der Waals surface area contributed by atoms with Gasteiger partial charge in [0.1, 0.15) is 12.2 Å². The van der Waals surface area contributed by atoms with E-state index >= 15 is 0 Å². The molecule has 0 spiro atoms. The van der Waals surface area contributed by atoms with Crippen LogP contribution in [-0.2, 0) is 22.7 Å². The molecule has 0 unspecified atom stereocenters. The van der Waals surface area contributed by atoms with E-state index in [1.165, 1.54) is 6.20 Å². The lowest BCUT2D eigenvalue weighted by atomic mass is 10.1. The molecule has 160 valence electrons. The highest BCUT2D eigenvalue weighted by molar-refractivity contribution is 5.98. The van der Waals surface area contributed by atoms with E-state index in [1.807, 2.05) is 41.8 Å². The fourth-order valence-corrected chi connectivity index (χ4v) is 3.39. The Hall–Kier alpha value is -3.81. The maximum Gasteiger partial charge on any atom is 0.307 e. The van der Waals surface area contributed by atoms with Gasteiger partial charge in [-0.05, 0) is 18.6 Å². The molecule has 8 nitrogen and oxygen atoms in total. The Morgan fingerprint density at radius 1 is 1.13 bits per heavy atom. The van der Waals surface area contributed by atoms with Gasteiger partial charge in [-0.1, -0.05) is 30.3 Å². The molecule has 1 aromatic heterocycles. The average Bonchev–Trinajstić information content (AvgIpc) is 3.25. The number of esters is 1. The molecule has 1 aliphatic rings. The SMILES string of the molecule is CCn1cc(C(=O)NCCC(=O)OCc2ccccc2)c(=O)c2cc3c(cc21)OCO3. The summed E-state index contributed by atoms with van der Waals surface area (Å²) in [7, 11) is 0. The molecule has 0 aliphatic carbocycles.